The lowest BCUT2D eigenvalue weighted by molar-refractivity contribution is -0.274. The van der Waals surface area contributed by atoms with Crippen LogP contribution in [0.2, 0.25) is 0 Å². The number of hydrogen-bond acceptors (Lipinski definition) is 2. The summed E-state index contributed by atoms with van der Waals surface area (Å²) in [7, 11) is 0. The van der Waals surface area contributed by atoms with Gasteiger partial charge in [0.1, 0.15) is 11.6 Å². The molecule has 0 saturated heterocycles. The van der Waals surface area contributed by atoms with E-state index >= 15 is 0 Å². The topological polar surface area (TPSA) is 35.2 Å². The molecule has 110 valence electrons. The van der Waals surface area contributed by atoms with Crippen molar-refractivity contribution in [1.82, 2.24) is 0 Å². The van der Waals surface area contributed by atoms with Crippen LogP contribution in [0, 0.1) is 11.2 Å². The quantitative estimate of drug-likeness (QED) is 0.831. The van der Waals surface area contributed by atoms with Crippen LogP contribution in [0.5, 0.6) is 5.75 Å². The first-order valence-electron chi connectivity index (χ1n) is 5.31. The average molecular weight is 302 g/mol. The highest BCUT2D eigenvalue weighted by atomic mass is 35.5. The van der Waals surface area contributed by atoms with Gasteiger partial charge in [0.25, 0.3) is 0 Å². The van der Waals surface area contributed by atoms with Crippen molar-refractivity contribution in [1.29, 1.82) is 0 Å². The Bertz CT molecular complexity index is 429. The molecule has 0 aliphatic rings. The van der Waals surface area contributed by atoms with Crippen LogP contribution in [0.1, 0.15) is 32.4 Å². The Morgan fingerprint density at radius 2 is 1.68 bits per heavy atom. The second-order valence-corrected chi connectivity index (χ2v) is 5.07. The molecule has 0 amide bonds. The van der Waals surface area contributed by atoms with E-state index in [9.17, 15) is 17.6 Å². The van der Waals surface area contributed by atoms with Crippen molar-refractivity contribution in [3.8, 4) is 5.75 Å². The molecule has 0 bridgehead atoms. The minimum absolute atomic E-state index is 0. The van der Waals surface area contributed by atoms with E-state index in [4.69, 9.17) is 5.73 Å². The van der Waals surface area contributed by atoms with E-state index < -0.39 is 29.4 Å². The minimum atomic E-state index is -4.80. The van der Waals surface area contributed by atoms with Gasteiger partial charge in [-0.3, -0.25) is 0 Å². The van der Waals surface area contributed by atoms with Crippen LogP contribution < -0.4 is 10.5 Å². The van der Waals surface area contributed by atoms with Crippen LogP contribution in [0.4, 0.5) is 17.6 Å². The van der Waals surface area contributed by atoms with Crippen molar-refractivity contribution in [2.24, 2.45) is 11.1 Å². The SMILES string of the molecule is CC(C)(C)[C@H](N)c1cc(OC(F)(F)F)ccc1F.Cl. The summed E-state index contributed by atoms with van der Waals surface area (Å²) in [6.07, 6.45) is -4.80. The minimum Gasteiger partial charge on any atom is -0.406 e. The summed E-state index contributed by atoms with van der Waals surface area (Å²) in [6, 6.07) is 2.09. The average Bonchev–Trinajstić information content (AvgIpc) is 2.16. The standard InChI is InChI=1S/C12H15F4NO.ClH/c1-11(2,3)10(17)8-6-7(4-5-9(8)13)18-12(14,15)16;/h4-6,10H,17H2,1-3H3;1H/t10-;/m1./s1. The van der Waals surface area contributed by atoms with Crippen LogP contribution >= 0.6 is 12.4 Å². The lowest BCUT2D eigenvalue weighted by Crippen LogP contribution is -2.27. The molecular formula is C12H16ClF4NO. The molecule has 1 atom stereocenters. The van der Waals surface area contributed by atoms with E-state index in [1.165, 1.54) is 0 Å². The van der Waals surface area contributed by atoms with Gasteiger partial charge in [-0.2, -0.15) is 0 Å². The van der Waals surface area contributed by atoms with Crippen molar-refractivity contribution in [3.05, 3.63) is 29.6 Å². The van der Waals surface area contributed by atoms with Gasteiger partial charge < -0.3 is 10.5 Å². The number of nitrogens with two attached hydrogens (primary N) is 1. The van der Waals surface area contributed by atoms with E-state index in [2.05, 4.69) is 4.74 Å². The molecule has 7 heteroatoms. The molecule has 0 saturated carbocycles. The second-order valence-electron chi connectivity index (χ2n) is 5.07. The van der Waals surface area contributed by atoms with Crippen molar-refractivity contribution < 1.29 is 22.3 Å². The Morgan fingerprint density at radius 3 is 2.11 bits per heavy atom. The molecule has 19 heavy (non-hydrogen) atoms. The normalized spacial score (nSPS) is 13.7. The lowest BCUT2D eigenvalue weighted by Gasteiger charge is -2.28. The van der Waals surface area contributed by atoms with Gasteiger partial charge in [0.05, 0.1) is 0 Å². The molecule has 0 aliphatic heterocycles. The molecule has 1 rings (SSSR count). The van der Waals surface area contributed by atoms with Gasteiger partial charge in [0.2, 0.25) is 0 Å². The molecular weight excluding hydrogens is 286 g/mol. The predicted octanol–water partition coefficient (Wildman–Crippen LogP) is 4.19. The zero-order valence-corrected chi connectivity index (χ0v) is 11.5. The molecule has 0 aromatic heterocycles. The van der Waals surface area contributed by atoms with Gasteiger partial charge in [0, 0.05) is 11.6 Å². The number of rotatable bonds is 2. The Balaban J connectivity index is 0.00000324. The fraction of sp³-hybridized carbons (Fsp3) is 0.500. The van der Waals surface area contributed by atoms with E-state index in [-0.39, 0.29) is 18.0 Å². The van der Waals surface area contributed by atoms with Gasteiger partial charge in [-0.1, -0.05) is 20.8 Å². The fourth-order valence-corrected chi connectivity index (χ4v) is 1.42. The van der Waals surface area contributed by atoms with E-state index in [0.29, 0.717) is 0 Å². The zero-order valence-electron chi connectivity index (χ0n) is 10.7. The molecule has 1 aromatic carbocycles. The summed E-state index contributed by atoms with van der Waals surface area (Å²) in [6.45, 7) is 5.32. The fourth-order valence-electron chi connectivity index (χ4n) is 1.42. The Hall–Kier alpha value is -1.01. The molecule has 0 radical (unpaired) electrons. The largest absolute Gasteiger partial charge is 0.573 e. The first-order valence-corrected chi connectivity index (χ1v) is 5.31. The monoisotopic (exact) mass is 301 g/mol. The smallest absolute Gasteiger partial charge is 0.406 e. The molecule has 0 unspecified atom stereocenters. The van der Waals surface area contributed by atoms with Crippen LogP contribution in [-0.4, -0.2) is 6.36 Å². The predicted molar refractivity (Wildman–Crippen MR) is 66.7 cm³/mol. The summed E-state index contributed by atoms with van der Waals surface area (Å²) in [5.41, 5.74) is 5.36. The maximum atomic E-state index is 13.6. The summed E-state index contributed by atoms with van der Waals surface area (Å²) < 4.78 is 53.5. The Morgan fingerprint density at radius 1 is 1.16 bits per heavy atom. The summed E-state index contributed by atoms with van der Waals surface area (Å²) in [5.74, 6) is -1.12. The van der Waals surface area contributed by atoms with Crippen molar-refractivity contribution in [2.75, 3.05) is 0 Å². The van der Waals surface area contributed by atoms with Crippen LogP contribution in [0.25, 0.3) is 0 Å². The zero-order chi connectivity index (χ0) is 14.1. The van der Waals surface area contributed by atoms with Gasteiger partial charge in [-0.05, 0) is 23.6 Å². The Labute approximate surface area is 115 Å². The van der Waals surface area contributed by atoms with Crippen molar-refractivity contribution in [2.45, 2.75) is 33.2 Å². The highest BCUT2D eigenvalue weighted by Gasteiger charge is 2.32. The molecule has 0 aliphatic carbocycles. The van der Waals surface area contributed by atoms with Gasteiger partial charge in [-0.15, -0.1) is 25.6 Å². The van der Waals surface area contributed by atoms with Crippen LogP contribution in [-0.2, 0) is 0 Å². The third-order valence-electron chi connectivity index (χ3n) is 2.47. The summed E-state index contributed by atoms with van der Waals surface area (Å²) in [5, 5.41) is 0. The van der Waals surface area contributed by atoms with E-state index in [0.717, 1.165) is 18.2 Å². The summed E-state index contributed by atoms with van der Waals surface area (Å²) in [4.78, 5) is 0. The van der Waals surface area contributed by atoms with Crippen molar-refractivity contribution >= 4 is 12.4 Å². The number of alkyl halides is 3. The molecule has 0 heterocycles. The highest BCUT2D eigenvalue weighted by molar-refractivity contribution is 5.85. The first-order chi connectivity index (χ1) is 8.00. The maximum absolute atomic E-state index is 13.6. The number of benzene rings is 1. The highest BCUT2D eigenvalue weighted by Crippen LogP contribution is 2.34. The second kappa shape index (κ2) is 5.96. The third kappa shape index (κ3) is 5.24. The lowest BCUT2D eigenvalue weighted by atomic mass is 9.83. The first kappa shape index (κ1) is 18.0. The molecule has 2 nitrogen and oxygen atoms in total. The Kier molecular flexibility index (Phi) is 5.65. The molecule has 1 aromatic rings. The number of ether oxygens (including phenoxy) is 1. The van der Waals surface area contributed by atoms with Crippen molar-refractivity contribution in [3.63, 3.8) is 0 Å². The van der Waals surface area contributed by atoms with E-state index in [1.807, 2.05) is 0 Å². The maximum Gasteiger partial charge on any atom is 0.573 e. The van der Waals surface area contributed by atoms with Gasteiger partial charge in [0.15, 0.2) is 0 Å². The van der Waals surface area contributed by atoms with Crippen LogP contribution in [0.3, 0.4) is 0 Å². The third-order valence-corrected chi connectivity index (χ3v) is 2.47. The number of hydrogen-bond donors (Lipinski definition) is 1. The molecule has 0 spiro atoms. The van der Waals surface area contributed by atoms with E-state index in [1.54, 1.807) is 20.8 Å². The molecule has 2 N–H and O–H groups in total. The molecule has 0 fully saturated rings. The summed E-state index contributed by atoms with van der Waals surface area (Å²) >= 11 is 0. The van der Waals surface area contributed by atoms with Gasteiger partial charge in [-0.25, -0.2) is 4.39 Å². The van der Waals surface area contributed by atoms with Gasteiger partial charge >= 0.3 is 6.36 Å². The van der Waals surface area contributed by atoms with Crippen LogP contribution in [0.15, 0.2) is 18.2 Å². The number of halogens is 5.